The van der Waals surface area contributed by atoms with Gasteiger partial charge in [-0.3, -0.25) is 0 Å². The summed E-state index contributed by atoms with van der Waals surface area (Å²) >= 11 is 0. The number of hydrogen-bond donors (Lipinski definition) is 1. The van der Waals surface area contributed by atoms with Crippen molar-refractivity contribution in [3.05, 3.63) is 35.5 Å². The van der Waals surface area contributed by atoms with E-state index in [4.69, 9.17) is 9.72 Å². The summed E-state index contributed by atoms with van der Waals surface area (Å²) in [7, 11) is 1.70. The number of hydrogen-bond acceptors (Lipinski definition) is 3. The lowest BCUT2D eigenvalue weighted by Crippen LogP contribution is -2.02. The van der Waals surface area contributed by atoms with Crippen molar-refractivity contribution >= 4 is 16.6 Å². The van der Waals surface area contributed by atoms with E-state index >= 15 is 0 Å². The van der Waals surface area contributed by atoms with Gasteiger partial charge in [-0.1, -0.05) is 25.1 Å². The number of anilines is 1. The number of aryl methyl sites for hydroxylation is 1. The van der Waals surface area contributed by atoms with E-state index in [2.05, 4.69) is 43.4 Å². The Kier molecular flexibility index (Phi) is 4.15. The van der Waals surface area contributed by atoms with Crippen LogP contribution < -0.4 is 5.32 Å². The van der Waals surface area contributed by atoms with Crippen LogP contribution in [0.5, 0.6) is 0 Å². The minimum atomic E-state index is 0.548. The molecule has 0 spiro atoms. The van der Waals surface area contributed by atoms with Crippen LogP contribution in [0, 0.1) is 0 Å². The Morgan fingerprint density at radius 1 is 1.28 bits per heavy atom. The first-order valence-electron chi connectivity index (χ1n) is 6.44. The molecule has 1 heterocycles. The van der Waals surface area contributed by atoms with Crippen LogP contribution in [-0.4, -0.2) is 18.6 Å². The number of nitrogens with zero attached hydrogens (tertiary/aromatic N) is 1. The highest BCUT2D eigenvalue weighted by molar-refractivity contribution is 5.93. The average Bonchev–Trinajstić information content (AvgIpc) is 2.39. The van der Waals surface area contributed by atoms with E-state index in [1.54, 1.807) is 7.11 Å². The molecule has 2 rings (SSSR count). The van der Waals surface area contributed by atoms with Crippen molar-refractivity contribution in [2.24, 2.45) is 0 Å². The Balaban J connectivity index is 2.64. The van der Waals surface area contributed by atoms with Crippen LogP contribution in [0.15, 0.2) is 24.3 Å². The van der Waals surface area contributed by atoms with Crippen molar-refractivity contribution in [3.63, 3.8) is 0 Å². The van der Waals surface area contributed by atoms with Gasteiger partial charge in [-0.15, -0.1) is 0 Å². The molecule has 0 unspecified atom stereocenters. The zero-order chi connectivity index (χ0) is 13.0. The van der Waals surface area contributed by atoms with Crippen LogP contribution in [0.3, 0.4) is 0 Å². The smallest absolute Gasteiger partial charge is 0.0885 e. The molecular weight excluding hydrogens is 224 g/mol. The standard InChI is InChI=1S/C15H20N2O/c1-4-11-7-6-8-13-14(16-5-2)9-12(10-18-3)17-15(11)13/h6-9H,4-5,10H2,1-3H3,(H,16,17). The highest BCUT2D eigenvalue weighted by atomic mass is 16.5. The first kappa shape index (κ1) is 12.8. The summed E-state index contributed by atoms with van der Waals surface area (Å²) < 4.78 is 5.19. The topological polar surface area (TPSA) is 34.1 Å². The first-order valence-corrected chi connectivity index (χ1v) is 6.44. The van der Waals surface area contributed by atoms with Crippen molar-refractivity contribution in [2.45, 2.75) is 26.9 Å². The van der Waals surface area contributed by atoms with Gasteiger partial charge in [0.25, 0.3) is 0 Å². The fraction of sp³-hybridized carbons (Fsp3) is 0.400. The van der Waals surface area contributed by atoms with Crippen molar-refractivity contribution in [2.75, 3.05) is 19.0 Å². The summed E-state index contributed by atoms with van der Waals surface area (Å²) in [6.45, 7) is 5.71. The molecule has 1 N–H and O–H groups in total. The Morgan fingerprint density at radius 2 is 2.11 bits per heavy atom. The minimum absolute atomic E-state index is 0.548. The Hall–Kier alpha value is -1.61. The number of fused-ring (bicyclic) bond motifs is 1. The van der Waals surface area contributed by atoms with E-state index in [-0.39, 0.29) is 0 Å². The molecule has 0 aliphatic rings. The third-order valence-corrected chi connectivity index (χ3v) is 3.02. The minimum Gasteiger partial charge on any atom is -0.385 e. The summed E-state index contributed by atoms with van der Waals surface area (Å²) in [5.74, 6) is 0. The maximum atomic E-state index is 5.19. The van der Waals surface area contributed by atoms with Crippen molar-refractivity contribution in [3.8, 4) is 0 Å². The summed E-state index contributed by atoms with van der Waals surface area (Å²) in [6.07, 6.45) is 0.992. The van der Waals surface area contributed by atoms with Crippen LogP contribution in [0.2, 0.25) is 0 Å². The predicted molar refractivity (Wildman–Crippen MR) is 76.0 cm³/mol. The van der Waals surface area contributed by atoms with E-state index in [0.717, 1.165) is 29.9 Å². The number of nitrogens with one attached hydrogen (secondary N) is 1. The normalized spacial score (nSPS) is 10.8. The molecule has 0 amide bonds. The number of benzene rings is 1. The second-order valence-corrected chi connectivity index (χ2v) is 4.29. The van der Waals surface area contributed by atoms with E-state index in [9.17, 15) is 0 Å². The van der Waals surface area contributed by atoms with Crippen LogP contribution in [-0.2, 0) is 17.8 Å². The lowest BCUT2D eigenvalue weighted by atomic mass is 10.1. The van der Waals surface area contributed by atoms with E-state index in [0.29, 0.717) is 6.61 Å². The van der Waals surface area contributed by atoms with Crippen LogP contribution in [0.1, 0.15) is 25.1 Å². The molecule has 0 radical (unpaired) electrons. The van der Waals surface area contributed by atoms with E-state index in [1.807, 2.05) is 0 Å². The number of aromatic nitrogens is 1. The zero-order valence-electron chi connectivity index (χ0n) is 11.3. The lowest BCUT2D eigenvalue weighted by molar-refractivity contribution is 0.182. The largest absolute Gasteiger partial charge is 0.385 e. The summed E-state index contributed by atoms with van der Waals surface area (Å²) in [6, 6.07) is 8.44. The molecule has 1 aromatic carbocycles. The third kappa shape index (κ3) is 2.46. The van der Waals surface area contributed by atoms with Gasteiger partial charge in [0, 0.05) is 24.7 Å². The second kappa shape index (κ2) is 5.83. The van der Waals surface area contributed by atoms with Crippen LogP contribution >= 0.6 is 0 Å². The molecule has 0 saturated carbocycles. The van der Waals surface area contributed by atoms with E-state index in [1.165, 1.54) is 10.9 Å². The van der Waals surface area contributed by atoms with Crippen molar-refractivity contribution in [1.29, 1.82) is 0 Å². The molecular formula is C15H20N2O. The lowest BCUT2D eigenvalue weighted by Gasteiger charge is -2.12. The number of para-hydroxylation sites is 1. The summed E-state index contributed by atoms with van der Waals surface area (Å²) in [5.41, 5.74) is 4.49. The van der Waals surface area contributed by atoms with Gasteiger partial charge in [-0.05, 0) is 25.0 Å². The van der Waals surface area contributed by atoms with Gasteiger partial charge in [0.05, 0.1) is 17.8 Å². The van der Waals surface area contributed by atoms with Gasteiger partial charge >= 0.3 is 0 Å². The SMILES string of the molecule is CCNc1cc(COC)nc2c(CC)cccc12. The fourth-order valence-corrected chi connectivity index (χ4v) is 2.20. The number of pyridine rings is 1. The Morgan fingerprint density at radius 3 is 2.78 bits per heavy atom. The molecule has 3 heteroatoms. The van der Waals surface area contributed by atoms with E-state index < -0.39 is 0 Å². The molecule has 0 aliphatic heterocycles. The zero-order valence-corrected chi connectivity index (χ0v) is 11.3. The van der Waals surface area contributed by atoms with Gasteiger partial charge in [0.1, 0.15) is 0 Å². The monoisotopic (exact) mass is 244 g/mol. The Bertz CT molecular complexity index is 537. The summed E-state index contributed by atoms with van der Waals surface area (Å²) in [4.78, 5) is 4.71. The third-order valence-electron chi connectivity index (χ3n) is 3.02. The molecule has 96 valence electrons. The highest BCUT2D eigenvalue weighted by Gasteiger charge is 2.08. The summed E-state index contributed by atoms with van der Waals surface area (Å²) in [5, 5.41) is 4.60. The number of methoxy groups -OCH3 is 1. The van der Waals surface area contributed by atoms with Crippen LogP contribution in [0.25, 0.3) is 10.9 Å². The first-order chi connectivity index (χ1) is 8.80. The fourth-order valence-electron chi connectivity index (χ4n) is 2.20. The average molecular weight is 244 g/mol. The van der Waals surface area contributed by atoms with Gasteiger partial charge in [-0.2, -0.15) is 0 Å². The highest BCUT2D eigenvalue weighted by Crippen LogP contribution is 2.26. The van der Waals surface area contributed by atoms with Crippen LogP contribution in [0.4, 0.5) is 5.69 Å². The molecule has 1 aromatic heterocycles. The molecule has 0 fully saturated rings. The molecule has 0 bridgehead atoms. The number of rotatable bonds is 5. The molecule has 0 atom stereocenters. The van der Waals surface area contributed by atoms with Gasteiger partial charge in [0.2, 0.25) is 0 Å². The molecule has 0 aliphatic carbocycles. The quantitative estimate of drug-likeness (QED) is 0.875. The maximum Gasteiger partial charge on any atom is 0.0885 e. The Labute approximate surface area is 108 Å². The predicted octanol–water partition coefficient (Wildman–Crippen LogP) is 3.38. The van der Waals surface area contributed by atoms with Gasteiger partial charge in [0.15, 0.2) is 0 Å². The van der Waals surface area contributed by atoms with Gasteiger partial charge < -0.3 is 10.1 Å². The van der Waals surface area contributed by atoms with Crippen molar-refractivity contribution in [1.82, 2.24) is 4.98 Å². The second-order valence-electron chi connectivity index (χ2n) is 4.29. The molecule has 3 nitrogen and oxygen atoms in total. The molecule has 0 saturated heterocycles. The van der Waals surface area contributed by atoms with Crippen molar-refractivity contribution < 1.29 is 4.74 Å². The molecule has 18 heavy (non-hydrogen) atoms. The van der Waals surface area contributed by atoms with Gasteiger partial charge in [-0.25, -0.2) is 4.98 Å². The molecule has 2 aromatic rings. The maximum absolute atomic E-state index is 5.19. The number of ether oxygens (including phenoxy) is 1.